The van der Waals surface area contributed by atoms with Crippen LogP contribution in [0.2, 0.25) is 0 Å². The molecule has 0 radical (unpaired) electrons. The molecule has 2 aliphatic heterocycles. The van der Waals surface area contributed by atoms with Gasteiger partial charge in [-0.3, -0.25) is 4.57 Å². The summed E-state index contributed by atoms with van der Waals surface area (Å²) in [4.78, 5) is 12.3. The van der Waals surface area contributed by atoms with Crippen LogP contribution in [0.1, 0.15) is 50.7 Å². The first kappa shape index (κ1) is 29.8. The van der Waals surface area contributed by atoms with Gasteiger partial charge in [-0.1, -0.05) is 44.9 Å². The minimum atomic E-state index is -4.91. The second-order valence-corrected chi connectivity index (χ2v) is 11.3. The monoisotopic (exact) mass is 584 g/mol. The summed E-state index contributed by atoms with van der Waals surface area (Å²) in [7, 11) is -3.55. The Morgan fingerprint density at radius 2 is 1.73 bits per heavy atom. The average molecular weight is 585 g/mol. The number of fused-ring (bicyclic) bond motifs is 2. The summed E-state index contributed by atoms with van der Waals surface area (Å²) in [6.45, 7) is 4.34. The SMILES string of the molecule is CCCCOP(=O)(COc1cccc(/C=C/[C@]2(C(F)(F)F)NC(=O)Nc3cc4c(cc32)OCO4)c1)OCCCC. The van der Waals surface area contributed by atoms with E-state index in [2.05, 4.69) is 5.32 Å². The topological polar surface area (TPSA) is 104 Å². The lowest BCUT2D eigenvalue weighted by atomic mass is 9.85. The van der Waals surface area contributed by atoms with E-state index in [-0.39, 0.29) is 54.9 Å². The van der Waals surface area contributed by atoms with E-state index < -0.39 is 25.3 Å². The lowest BCUT2D eigenvalue weighted by Crippen LogP contribution is -2.58. The minimum absolute atomic E-state index is 0.0473. The smallest absolute Gasteiger partial charge is 0.419 e. The van der Waals surface area contributed by atoms with Crippen LogP contribution in [-0.4, -0.2) is 38.6 Å². The Labute approximate surface area is 230 Å². The third-order valence-electron chi connectivity index (χ3n) is 6.29. The summed E-state index contributed by atoms with van der Waals surface area (Å²) in [6, 6.07) is 7.73. The minimum Gasteiger partial charge on any atom is -0.481 e. The number of benzene rings is 2. The van der Waals surface area contributed by atoms with E-state index in [0.717, 1.165) is 18.9 Å². The number of hydrogen-bond donors (Lipinski definition) is 2. The molecule has 0 unspecified atom stereocenters. The van der Waals surface area contributed by atoms with Gasteiger partial charge in [0, 0.05) is 11.6 Å². The van der Waals surface area contributed by atoms with Crippen LogP contribution in [0.5, 0.6) is 17.2 Å². The van der Waals surface area contributed by atoms with Crippen LogP contribution in [0.4, 0.5) is 23.7 Å². The Morgan fingerprint density at radius 1 is 1.05 bits per heavy atom. The van der Waals surface area contributed by atoms with E-state index in [1.165, 1.54) is 24.3 Å². The zero-order valence-corrected chi connectivity index (χ0v) is 23.1. The van der Waals surface area contributed by atoms with E-state index in [4.69, 9.17) is 23.3 Å². The second-order valence-electron chi connectivity index (χ2n) is 9.30. The van der Waals surface area contributed by atoms with Crippen LogP contribution >= 0.6 is 7.60 Å². The Kier molecular flexibility index (Phi) is 9.33. The van der Waals surface area contributed by atoms with Crippen LogP contribution in [-0.2, 0) is 19.2 Å². The number of nitrogens with one attached hydrogen (secondary N) is 2. The van der Waals surface area contributed by atoms with Gasteiger partial charge in [-0.15, -0.1) is 0 Å². The highest BCUT2D eigenvalue weighted by Crippen LogP contribution is 2.50. The molecule has 0 aliphatic carbocycles. The number of halogens is 3. The highest BCUT2D eigenvalue weighted by Gasteiger charge is 2.58. The summed E-state index contributed by atoms with van der Waals surface area (Å²) in [5.74, 6) is 0.640. The largest absolute Gasteiger partial charge is 0.481 e. The number of ether oxygens (including phenoxy) is 3. The molecule has 2 aliphatic rings. The first-order chi connectivity index (χ1) is 19.1. The van der Waals surface area contributed by atoms with Gasteiger partial charge in [0.2, 0.25) is 6.79 Å². The summed E-state index contributed by atoms with van der Waals surface area (Å²) in [5.41, 5.74) is -2.79. The highest BCUT2D eigenvalue weighted by atomic mass is 31.2. The molecule has 1 atom stereocenters. The number of anilines is 1. The number of rotatable bonds is 13. The Balaban J connectivity index is 1.58. The third-order valence-corrected chi connectivity index (χ3v) is 7.89. The van der Waals surface area contributed by atoms with Crippen molar-refractivity contribution in [2.75, 3.05) is 31.7 Å². The molecule has 218 valence electrons. The maximum Gasteiger partial charge on any atom is 0.419 e. The van der Waals surface area contributed by atoms with Gasteiger partial charge in [0.25, 0.3) is 0 Å². The first-order valence-electron chi connectivity index (χ1n) is 13.0. The molecule has 2 aromatic carbocycles. The summed E-state index contributed by atoms with van der Waals surface area (Å²) < 4.78 is 84.4. The van der Waals surface area contributed by atoms with E-state index in [0.29, 0.717) is 18.4 Å². The molecule has 0 saturated carbocycles. The van der Waals surface area contributed by atoms with Crippen molar-refractivity contribution in [3.05, 3.63) is 53.6 Å². The number of urea groups is 1. The van der Waals surface area contributed by atoms with Crippen LogP contribution in [0.3, 0.4) is 0 Å². The Bertz CT molecular complexity index is 1270. The molecule has 0 bridgehead atoms. The van der Waals surface area contributed by atoms with Crippen molar-refractivity contribution >= 4 is 25.4 Å². The Hall–Kier alpha value is -3.21. The van der Waals surface area contributed by atoms with Crippen molar-refractivity contribution in [3.63, 3.8) is 0 Å². The summed E-state index contributed by atoms with van der Waals surface area (Å²) >= 11 is 0. The normalized spacial score (nSPS) is 18.4. The van der Waals surface area contributed by atoms with Crippen molar-refractivity contribution in [2.45, 2.75) is 51.2 Å². The molecular formula is C27H32F3N2O7P. The van der Waals surface area contributed by atoms with Gasteiger partial charge >= 0.3 is 19.8 Å². The van der Waals surface area contributed by atoms with Crippen LogP contribution in [0, 0.1) is 0 Å². The molecule has 2 heterocycles. The van der Waals surface area contributed by atoms with Crippen molar-refractivity contribution < 1.29 is 45.8 Å². The number of carbonyl (C=O) groups excluding carboxylic acids is 1. The predicted octanol–water partition coefficient (Wildman–Crippen LogP) is 7.18. The van der Waals surface area contributed by atoms with Gasteiger partial charge in [0.15, 0.2) is 23.4 Å². The number of unbranched alkanes of at least 4 members (excludes halogenated alkanes) is 2. The summed E-state index contributed by atoms with van der Waals surface area (Å²) in [5, 5.41) is 4.44. The van der Waals surface area contributed by atoms with Gasteiger partial charge in [0.1, 0.15) is 5.75 Å². The molecule has 0 aromatic heterocycles. The molecule has 13 heteroatoms. The third kappa shape index (κ3) is 6.74. The molecule has 9 nitrogen and oxygen atoms in total. The number of carbonyl (C=O) groups is 1. The maximum absolute atomic E-state index is 14.6. The zero-order chi connectivity index (χ0) is 28.8. The van der Waals surface area contributed by atoms with Crippen molar-refractivity contribution in [1.29, 1.82) is 0 Å². The fraction of sp³-hybridized carbons (Fsp3) is 0.444. The molecule has 2 amide bonds. The lowest BCUT2D eigenvalue weighted by Gasteiger charge is -2.39. The molecular weight excluding hydrogens is 552 g/mol. The van der Waals surface area contributed by atoms with E-state index >= 15 is 0 Å². The first-order valence-corrected chi connectivity index (χ1v) is 14.7. The molecule has 0 spiro atoms. The fourth-order valence-electron chi connectivity index (χ4n) is 4.11. The van der Waals surface area contributed by atoms with Crippen LogP contribution < -0.4 is 24.8 Å². The molecule has 2 aromatic rings. The number of alkyl halides is 3. The number of hydrogen-bond acceptors (Lipinski definition) is 7. The quantitative estimate of drug-likeness (QED) is 0.190. The van der Waals surface area contributed by atoms with Gasteiger partial charge in [-0.05, 0) is 42.7 Å². The van der Waals surface area contributed by atoms with E-state index in [1.807, 2.05) is 19.2 Å². The molecule has 0 saturated heterocycles. The van der Waals surface area contributed by atoms with Crippen molar-refractivity contribution in [2.24, 2.45) is 0 Å². The second kappa shape index (κ2) is 12.5. The van der Waals surface area contributed by atoms with Crippen LogP contribution in [0.25, 0.3) is 6.08 Å². The van der Waals surface area contributed by atoms with E-state index in [1.54, 1.807) is 18.2 Å². The van der Waals surface area contributed by atoms with Crippen molar-refractivity contribution in [1.82, 2.24) is 5.32 Å². The zero-order valence-electron chi connectivity index (χ0n) is 22.2. The predicted molar refractivity (Wildman–Crippen MR) is 143 cm³/mol. The Morgan fingerprint density at radius 3 is 2.38 bits per heavy atom. The van der Waals surface area contributed by atoms with Crippen molar-refractivity contribution in [3.8, 4) is 17.2 Å². The van der Waals surface area contributed by atoms with Gasteiger partial charge in [-0.2, -0.15) is 13.2 Å². The molecule has 0 fully saturated rings. The standard InChI is InChI=1S/C27H32F3N2O7P/c1-3-5-12-38-40(34,39-13-6-4-2)18-37-20-9-7-8-19(14-20)10-11-26(27(28,29)30)21-15-23-24(36-17-35-23)16-22(21)31-25(33)32-26/h7-11,14-16H,3-6,12-13,17-18H2,1-2H3,(H2,31,32,33)/b11-10+/t26-/m0/s1. The highest BCUT2D eigenvalue weighted by molar-refractivity contribution is 7.53. The number of amides is 2. The van der Waals surface area contributed by atoms with Gasteiger partial charge < -0.3 is 33.9 Å². The van der Waals surface area contributed by atoms with Crippen LogP contribution in [0.15, 0.2) is 42.5 Å². The maximum atomic E-state index is 14.6. The molecule has 40 heavy (non-hydrogen) atoms. The van der Waals surface area contributed by atoms with E-state index in [9.17, 15) is 22.5 Å². The fourth-order valence-corrected chi connectivity index (χ4v) is 5.46. The van der Waals surface area contributed by atoms with Gasteiger partial charge in [0.05, 0.1) is 18.9 Å². The van der Waals surface area contributed by atoms with Gasteiger partial charge in [-0.25, -0.2) is 4.79 Å². The molecule has 2 N–H and O–H groups in total. The average Bonchev–Trinajstić information content (AvgIpc) is 3.37. The lowest BCUT2D eigenvalue weighted by molar-refractivity contribution is -0.181. The summed E-state index contributed by atoms with van der Waals surface area (Å²) in [6.07, 6.45) is -0.0207. The molecule has 4 rings (SSSR count).